The molecule has 4 aliphatic rings. The Bertz CT molecular complexity index is 473. The summed E-state index contributed by atoms with van der Waals surface area (Å²) in [6, 6.07) is 6.89. The van der Waals surface area contributed by atoms with Gasteiger partial charge in [-0.3, -0.25) is 0 Å². The molecule has 5 rings (SSSR count). The SMILES string of the molecule is OC1(Cc2ccccc2F)C2CC3CC1CN(C3)C2. The molecule has 0 radical (unpaired) electrons. The van der Waals surface area contributed by atoms with E-state index in [0.717, 1.165) is 31.8 Å². The van der Waals surface area contributed by atoms with Crippen LogP contribution in [0.4, 0.5) is 4.39 Å². The van der Waals surface area contributed by atoms with Gasteiger partial charge in [0.25, 0.3) is 0 Å². The molecule has 2 atom stereocenters. The first kappa shape index (κ1) is 11.9. The summed E-state index contributed by atoms with van der Waals surface area (Å²) in [6.07, 6.45) is 2.73. The summed E-state index contributed by atoms with van der Waals surface area (Å²) in [7, 11) is 0. The molecule has 0 aromatic heterocycles. The van der Waals surface area contributed by atoms with Crippen LogP contribution in [0.5, 0.6) is 0 Å². The van der Waals surface area contributed by atoms with Gasteiger partial charge in [-0.1, -0.05) is 18.2 Å². The minimum absolute atomic E-state index is 0.176. The van der Waals surface area contributed by atoms with Crippen molar-refractivity contribution in [1.29, 1.82) is 0 Å². The maximum absolute atomic E-state index is 13.9. The van der Waals surface area contributed by atoms with Gasteiger partial charge in [-0.2, -0.15) is 0 Å². The second kappa shape index (κ2) is 4.03. The molecule has 4 bridgehead atoms. The van der Waals surface area contributed by atoms with Crippen molar-refractivity contribution in [1.82, 2.24) is 4.90 Å². The topological polar surface area (TPSA) is 23.5 Å². The van der Waals surface area contributed by atoms with Crippen LogP contribution in [-0.2, 0) is 6.42 Å². The molecule has 2 unspecified atom stereocenters. The molecule has 3 heterocycles. The summed E-state index contributed by atoms with van der Waals surface area (Å²) in [5.41, 5.74) is -0.0113. The third-order valence-corrected chi connectivity index (χ3v) is 5.55. The van der Waals surface area contributed by atoms with E-state index in [4.69, 9.17) is 0 Å². The lowest BCUT2D eigenvalue weighted by Crippen LogP contribution is -2.67. The molecular weight excluding hydrogens is 241 g/mol. The van der Waals surface area contributed by atoms with E-state index in [2.05, 4.69) is 4.90 Å². The van der Waals surface area contributed by atoms with E-state index in [1.54, 1.807) is 6.07 Å². The highest BCUT2D eigenvalue weighted by molar-refractivity contribution is 5.22. The van der Waals surface area contributed by atoms with Crippen LogP contribution in [-0.4, -0.2) is 35.2 Å². The highest BCUT2D eigenvalue weighted by Crippen LogP contribution is 2.50. The van der Waals surface area contributed by atoms with Gasteiger partial charge >= 0.3 is 0 Å². The highest BCUT2D eigenvalue weighted by Gasteiger charge is 2.55. The molecular formula is C16H20FNO. The monoisotopic (exact) mass is 261 g/mol. The Morgan fingerprint density at radius 3 is 2.47 bits per heavy atom. The van der Waals surface area contributed by atoms with Gasteiger partial charge < -0.3 is 10.0 Å². The Kier molecular flexibility index (Phi) is 2.52. The molecule has 0 spiro atoms. The van der Waals surface area contributed by atoms with E-state index in [1.807, 2.05) is 12.1 Å². The summed E-state index contributed by atoms with van der Waals surface area (Å²) in [5, 5.41) is 11.2. The van der Waals surface area contributed by atoms with Gasteiger partial charge in [0.1, 0.15) is 5.82 Å². The number of benzene rings is 1. The van der Waals surface area contributed by atoms with Gasteiger partial charge in [-0.05, 0) is 30.4 Å². The van der Waals surface area contributed by atoms with Gasteiger partial charge in [0.2, 0.25) is 0 Å². The molecule has 1 aliphatic carbocycles. The maximum Gasteiger partial charge on any atom is 0.126 e. The van der Waals surface area contributed by atoms with Crippen molar-refractivity contribution in [3.8, 4) is 0 Å². The Hall–Kier alpha value is -0.930. The quantitative estimate of drug-likeness (QED) is 0.881. The zero-order valence-electron chi connectivity index (χ0n) is 11.1. The fraction of sp³-hybridized carbons (Fsp3) is 0.625. The lowest BCUT2D eigenvalue weighted by molar-refractivity contribution is -0.182. The first-order valence-corrected chi connectivity index (χ1v) is 7.33. The van der Waals surface area contributed by atoms with E-state index in [1.165, 1.54) is 12.6 Å². The molecule has 3 aliphatic heterocycles. The van der Waals surface area contributed by atoms with Crippen LogP contribution in [0.25, 0.3) is 0 Å². The molecule has 2 nitrogen and oxygen atoms in total. The average molecular weight is 261 g/mol. The lowest BCUT2D eigenvalue weighted by Gasteiger charge is -2.60. The summed E-state index contributed by atoms with van der Waals surface area (Å²) in [5.74, 6) is 1.25. The van der Waals surface area contributed by atoms with Crippen LogP contribution in [0.3, 0.4) is 0 Å². The van der Waals surface area contributed by atoms with Crippen LogP contribution in [0.15, 0.2) is 24.3 Å². The number of aliphatic hydroxyl groups is 1. The first-order valence-electron chi connectivity index (χ1n) is 7.33. The minimum atomic E-state index is -0.685. The van der Waals surface area contributed by atoms with Gasteiger partial charge in [0.15, 0.2) is 0 Å². The molecule has 3 saturated heterocycles. The standard InChI is InChI=1S/C16H20FNO/c17-15-4-2-1-3-12(15)7-16(19)13-5-11-6-14(16)10-18(8-11)9-13/h1-4,11,13-14,19H,5-10H2. The molecule has 4 fully saturated rings. The molecule has 19 heavy (non-hydrogen) atoms. The van der Waals surface area contributed by atoms with E-state index in [-0.39, 0.29) is 5.82 Å². The van der Waals surface area contributed by atoms with E-state index in [9.17, 15) is 9.50 Å². The van der Waals surface area contributed by atoms with Crippen molar-refractivity contribution in [2.75, 3.05) is 19.6 Å². The van der Waals surface area contributed by atoms with Crippen molar-refractivity contribution in [2.24, 2.45) is 17.8 Å². The molecule has 0 amide bonds. The highest BCUT2D eigenvalue weighted by atomic mass is 19.1. The number of nitrogens with zero attached hydrogens (tertiary/aromatic N) is 1. The predicted octanol–water partition coefficient (Wildman–Crippen LogP) is 2.07. The van der Waals surface area contributed by atoms with Crippen molar-refractivity contribution in [3.05, 3.63) is 35.6 Å². The zero-order valence-corrected chi connectivity index (χ0v) is 11.1. The normalized spacial score (nSPS) is 43.7. The Morgan fingerprint density at radius 2 is 1.84 bits per heavy atom. The van der Waals surface area contributed by atoms with Crippen LogP contribution >= 0.6 is 0 Å². The van der Waals surface area contributed by atoms with Crippen molar-refractivity contribution >= 4 is 0 Å². The van der Waals surface area contributed by atoms with Crippen LogP contribution < -0.4 is 0 Å². The predicted molar refractivity (Wildman–Crippen MR) is 71.2 cm³/mol. The summed E-state index contributed by atoms with van der Waals surface area (Å²) in [4.78, 5) is 2.49. The number of halogens is 1. The van der Waals surface area contributed by atoms with E-state index in [0.29, 0.717) is 23.8 Å². The average Bonchev–Trinajstić information content (AvgIpc) is 2.38. The molecule has 1 N–H and O–H groups in total. The molecule has 1 aromatic carbocycles. The number of hydrogen-bond donors (Lipinski definition) is 1. The van der Waals surface area contributed by atoms with Crippen LogP contribution in [0.1, 0.15) is 18.4 Å². The second-order valence-electron chi connectivity index (χ2n) is 6.71. The third-order valence-electron chi connectivity index (χ3n) is 5.55. The second-order valence-corrected chi connectivity index (χ2v) is 6.71. The van der Waals surface area contributed by atoms with Crippen molar-refractivity contribution in [2.45, 2.75) is 24.9 Å². The Morgan fingerprint density at radius 1 is 1.16 bits per heavy atom. The fourth-order valence-corrected chi connectivity index (χ4v) is 4.70. The van der Waals surface area contributed by atoms with Crippen molar-refractivity contribution < 1.29 is 9.50 Å². The first-order chi connectivity index (χ1) is 9.15. The number of hydrogen-bond acceptors (Lipinski definition) is 2. The van der Waals surface area contributed by atoms with E-state index < -0.39 is 5.60 Å². The number of rotatable bonds is 2. The molecule has 3 heteroatoms. The van der Waals surface area contributed by atoms with Crippen LogP contribution in [0.2, 0.25) is 0 Å². The fourth-order valence-electron chi connectivity index (χ4n) is 4.70. The number of piperidine rings is 3. The van der Waals surface area contributed by atoms with Gasteiger partial charge in [0, 0.05) is 37.9 Å². The van der Waals surface area contributed by atoms with Gasteiger partial charge in [0.05, 0.1) is 5.60 Å². The molecule has 102 valence electrons. The largest absolute Gasteiger partial charge is 0.389 e. The summed E-state index contributed by atoms with van der Waals surface area (Å²) >= 11 is 0. The Balaban J connectivity index is 1.65. The summed E-state index contributed by atoms with van der Waals surface area (Å²) in [6.45, 7) is 3.21. The summed E-state index contributed by atoms with van der Waals surface area (Å²) < 4.78 is 13.9. The maximum atomic E-state index is 13.9. The van der Waals surface area contributed by atoms with Crippen LogP contribution in [0, 0.1) is 23.6 Å². The molecule has 1 saturated carbocycles. The van der Waals surface area contributed by atoms with E-state index >= 15 is 0 Å². The van der Waals surface area contributed by atoms with Gasteiger partial charge in [-0.15, -0.1) is 0 Å². The third kappa shape index (κ3) is 1.75. The molecule has 1 aromatic rings. The zero-order chi connectivity index (χ0) is 13.0. The lowest BCUT2D eigenvalue weighted by atomic mass is 9.57. The van der Waals surface area contributed by atoms with Gasteiger partial charge in [-0.25, -0.2) is 4.39 Å². The van der Waals surface area contributed by atoms with Crippen molar-refractivity contribution in [3.63, 3.8) is 0 Å². The minimum Gasteiger partial charge on any atom is -0.389 e. The Labute approximate surface area is 113 Å². The smallest absolute Gasteiger partial charge is 0.126 e.